The number of rotatable bonds is 6. The van der Waals surface area contributed by atoms with Gasteiger partial charge in [0.1, 0.15) is 11.6 Å². The van der Waals surface area contributed by atoms with Crippen molar-refractivity contribution in [3.8, 4) is 11.4 Å². The molecule has 0 radical (unpaired) electrons. The third-order valence-electron chi connectivity index (χ3n) is 6.23. The second-order valence-corrected chi connectivity index (χ2v) is 8.35. The fraction of sp³-hybridized carbons (Fsp3) is 0.269. The van der Waals surface area contributed by atoms with E-state index in [0.717, 1.165) is 53.5 Å². The zero-order chi connectivity index (χ0) is 23.7. The summed E-state index contributed by atoms with van der Waals surface area (Å²) in [5.41, 5.74) is 2.93. The number of hydrogen-bond donors (Lipinski definition) is 0. The number of fused-ring (bicyclic) bond motifs is 1. The Morgan fingerprint density at radius 1 is 1.09 bits per heavy atom. The Morgan fingerprint density at radius 2 is 1.91 bits per heavy atom. The highest BCUT2D eigenvalue weighted by Gasteiger charge is 2.41. The molecule has 0 fully saturated rings. The molecule has 0 unspecified atom stereocenters. The van der Waals surface area contributed by atoms with Crippen molar-refractivity contribution in [2.75, 3.05) is 14.2 Å². The SMILES string of the molecule is COc1cc(C=Cc2nc3n(n2)CCC[C@@]3(OC)c2ccc(F)cc2)ccc1-n1cnc(C)c1. The first kappa shape index (κ1) is 22.0. The number of halogens is 1. The van der Waals surface area contributed by atoms with Gasteiger partial charge >= 0.3 is 0 Å². The van der Waals surface area contributed by atoms with E-state index in [1.54, 1.807) is 32.7 Å². The molecule has 0 N–H and O–H groups in total. The van der Waals surface area contributed by atoms with Crippen LogP contribution in [-0.2, 0) is 16.9 Å². The first-order valence-electron chi connectivity index (χ1n) is 11.2. The van der Waals surface area contributed by atoms with Gasteiger partial charge in [0.2, 0.25) is 0 Å². The van der Waals surface area contributed by atoms with Gasteiger partial charge in [0.25, 0.3) is 0 Å². The number of aromatic nitrogens is 5. The molecule has 0 aliphatic carbocycles. The molecular formula is C26H26FN5O2. The fourth-order valence-electron chi connectivity index (χ4n) is 4.51. The molecule has 8 heteroatoms. The molecule has 5 rings (SSSR count). The lowest BCUT2D eigenvalue weighted by Crippen LogP contribution is -2.37. The van der Waals surface area contributed by atoms with Crippen molar-refractivity contribution in [3.05, 3.63) is 89.3 Å². The molecule has 0 saturated carbocycles. The average Bonchev–Trinajstić information content (AvgIpc) is 3.49. The summed E-state index contributed by atoms with van der Waals surface area (Å²) in [5.74, 6) is 1.79. The monoisotopic (exact) mass is 459 g/mol. The van der Waals surface area contributed by atoms with Crippen LogP contribution in [0.15, 0.2) is 55.0 Å². The molecule has 0 spiro atoms. The zero-order valence-electron chi connectivity index (χ0n) is 19.4. The molecule has 3 heterocycles. The molecule has 0 amide bonds. The van der Waals surface area contributed by atoms with E-state index in [2.05, 4.69) is 10.1 Å². The maximum absolute atomic E-state index is 13.5. The van der Waals surface area contributed by atoms with E-state index in [9.17, 15) is 4.39 Å². The molecule has 1 atom stereocenters. The van der Waals surface area contributed by atoms with Crippen molar-refractivity contribution >= 4 is 12.2 Å². The van der Waals surface area contributed by atoms with Crippen LogP contribution in [0.2, 0.25) is 0 Å². The molecule has 2 aromatic heterocycles. The van der Waals surface area contributed by atoms with E-state index < -0.39 is 5.60 Å². The van der Waals surface area contributed by atoms with E-state index in [1.807, 2.05) is 52.7 Å². The van der Waals surface area contributed by atoms with Gasteiger partial charge in [-0.2, -0.15) is 5.10 Å². The quantitative estimate of drug-likeness (QED) is 0.415. The molecule has 4 aromatic rings. The summed E-state index contributed by atoms with van der Waals surface area (Å²) < 4.78 is 29.0. The summed E-state index contributed by atoms with van der Waals surface area (Å²) in [7, 11) is 3.32. The summed E-state index contributed by atoms with van der Waals surface area (Å²) in [4.78, 5) is 9.09. The molecule has 1 aliphatic rings. The highest BCUT2D eigenvalue weighted by atomic mass is 19.1. The largest absolute Gasteiger partial charge is 0.495 e. The summed E-state index contributed by atoms with van der Waals surface area (Å²) in [5, 5.41) is 4.68. The minimum atomic E-state index is -0.751. The topological polar surface area (TPSA) is 67.0 Å². The highest BCUT2D eigenvalue weighted by Crippen LogP contribution is 2.39. The van der Waals surface area contributed by atoms with Crippen molar-refractivity contribution in [3.63, 3.8) is 0 Å². The number of aryl methyl sites for hydroxylation is 2. The van der Waals surface area contributed by atoms with Crippen LogP contribution in [0.5, 0.6) is 5.75 Å². The summed E-state index contributed by atoms with van der Waals surface area (Å²) in [6, 6.07) is 12.4. The molecule has 0 saturated heterocycles. The first-order chi connectivity index (χ1) is 16.5. The predicted molar refractivity (Wildman–Crippen MR) is 127 cm³/mol. The van der Waals surface area contributed by atoms with Crippen LogP contribution in [0.3, 0.4) is 0 Å². The molecule has 34 heavy (non-hydrogen) atoms. The molecule has 2 aromatic carbocycles. The van der Waals surface area contributed by atoms with Gasteiger partial charge < -0.3 is 14.0 Å². The van der Waals surface area contributed by atoms with Crippen molar-refractivity contribution in [1.82, 2.24) is 24.3 Å². The van der Waals surface area contributed by atoms with Crippen LogP contribution >= 0.6 is 0 Å². The zero-order valence-corrected chi connectivity index (χ0v) is 19.4. The van der Waals surface area contributed by atoms with Gasteiger partial charge in [-0.25, -0.2) is 19.0 Å². The Hall–Kier alpha value is -3.78. The Balaban J connectivity index is 1.45. The number of methoxy groups -OCH3 is 2. The maximum atomic E-state index is 13.5. The van der Waals surface area contributed by atoms with E-state index in [-0.39, 0.29) is 5.82 Å². The number of ether oxygens (including phenoxy) is 2. The van der Waals surface area contributed by atoms with Crippen LogP contribution in [-0.4, -0.2) is 38.5 Å². The van der Waals surface area contributed by atoms with Crippen LogP contribution in [0.1, 0.15) is 41.3 Å². The van der Waals surface area contributed by atoms with Gasteiger partial charge in [-0.1, -0.05) is 24.3 Å². The standard InChI is InChI=1S/C26H26FN5O2/c1-18-16-31(17-28-18)22-11-5-19(15-23(22)33-2)6-12-24-29-25-26(34-3,13-4-14-32(25)30-24)20-7-9-21(27)10-8-20/h5-12,15-17H,4,13-14H2,1-3H3/t26-/m1/s1. The van der Waals surface area contributed by atoms with Gasteiger partial charge in [0.15, 0.2) is 17.2 Å². The van der Waals surface area contributed by atoms with Crippen molar-refractivity contribution in [2.24, 2.45) is 0 Å². The first-order valence-corrected chi connectivity index (χ1v) is 11.2. The molecule has 0 bridgehead atoms. The predicted octanol–water partition coefficient (Wildman–Crippen LogP) is 4.77. The van der Waals surface area contributed by atoms with Crippen LogP contribution in [0.4, 0.5) is 4.39 Å². The summed E-state index contributed by atoms with van der Waals surface area (Å²) >= 11 is 0. The number of nitrogens with zero attached hydrogens (tertiary/aromatic N) is 5. The Bertz CT molecular complexity index is 1340. The van der Waals surface area contributed by atoms with Crippen LogP contribution < -0.4 is 4.74 Å². The second kappa shape index (κ2) is 8.87. The third-order valence-corrected chi connectivity index (χ3v) is 6.23. The molecule has 1 aliphatic heterocycles. The van der Waals surface area contributed by atoms with Crippen LogP contribution in [0, 0.1) is 12.7 Å². The lowest BCUT2D eigenvalue weighted by Gasteiger charge is -2.35. The number of imidazole rings is 1. The third kappa shape index (κ3) is 3.90. The molecule has 7 nitrogen and oxygen atoms in total. The normalized spacial score (nSPS) is 17.8. The van der Waals surface area contributed by atoms with Crippen molar-refractivity contribution in [2.45, 2.75) is 31.9 Å². The van der Waals surface area contributed by atoms with Gasteiger partial charge in [-0.15, -0.1) is 0 Å². The second-order valence-electron chi connectivity index (χ2n) is 8.35. The average molecular weight is 460 g/mol. The van der Waals surface area contributed by atoms with Crippen molar-refractivity contribution < 1.29 is 13.9 Å². The van der Waals surface area contributed by atoms with Crippen molar-refractivity contribution in [1.29, 1.82) is 0 Å². The van der Waals surface area contributed by atoms with Gasteiger partial charge in [0.05, 0.1) is 24.8 Å². The fourth-order valence-corrected chi connectivity index (χ4v) is 4.51. The van der Waals surface area contributed by atoms with Gasteiger partial charge in [0, 0.05) is 19.9 Å². The molecule has 174 valence electrons. The Morgan fingerprint density at radius 3 is 2.62 bits per heavy atom. The van der Waals surface area contributed by atoms with E-state index in [4.69, 9.17) is 14.5 Å². The van der Waals surface area contributed by atoms with E-state index in [1.165, 1.54) is 12.1 Å². The van der Waals surface area contributed by atoms with Crippen LogP contribution in [0.25, 0.3) is 17.8 Å². The highest BCUT2D eigenvalue weighted by molar-refractivity contribution is 5.69. The Labute approximate surface area is 197 Å². The minimum absolute atomic E-state index is 0.277. The lowest BCUT2D eigenvalue weighted by molar-refractivity contribution is -0.00954. The van der Waals surface area contributed by atoms with E-state index in [0.29, 0.717) is 5.82 Å². The van der Waals surface area contributed by atoms with Gasteiger partial charge in [-0.05, 0) is 61.2 Å². The number of benzene rings is 2. The maximum Gasteiger partial charge on any atom is 0.174 e. The van der Waals surface area contributed by atoms with Gasteiger partial charge in [-0.3, -0.25) is 0 Å². The summed E-state index contributed by atoms with van der Waals surface area (Å²) in [6.07, 6.45) is 9.20. The van der Waals surface area contributed by atoms with E-state index >= 15 is 0 Å². The Kier molecular flexibility index (Phi) is 5.75. The number of hydrogen-bond acceptors (Lipinski definition) is 5. The minimum Gasteiger partial charge on any atom is -0.495 e. The smallest absolute Gasteiger partial charge is 0.174 e. The molecular weight excluding hydrogens is 433 g/mol. The lowest BCUT2D eigenvalue weighted by atomic mass is 9.86. The summed E-state index contributed by atoms with van der Waals surface area (Å²) in [6.45, 7) is 2.71.